The molecule has 0 aromatic carbocycles. The Morgan fingerprint density at radius 3 is 3.12 bits per heavy atom. The van der Waals surface area contributed by atoms with E-state index in [-0.39, 0.29) is 0 Å². The van der Waals surface area contributed by atoms with Crippen molar-refractivity contribution in [3.63, 3.8) is 0 Å². The molecule has 2 aliphatic heterocycles. The standard InChI is InChI=1S/C12H25N3O/c1-15-6-3-11(10-15)8-13-4-2-12-9-14-5-7-16-12/h11-14H,2-10H2,1H3. The molecule has 2 rings (SSSR count). The van der Waals surface area contributed by atoms with Gasteiger partial charge in [-0.25, -0.2) is 0 Å². The molecule has 0 aliphatic carbocycles. The number of hydrogen-bond donors (Lipinski definition) is 2. The van der Waals surface area contributed by atoms with Gasteiger partial charge in [-0.15, -0.1) is 0 Å². The lowest BCUT2D eigenvalue weighted by atomic mass is 10.1. The minimum absolute atomic E-state index is 0.424. The maximum Gasteiger partial charge on any atom is 0.0712 e. The molecule has 2 unspecified atom stereocenters. The van der Waals surface area contributed by atoms with E-state index in [1.807, 2.05) is 0 Å². The summed E-state index contributed by atoms with van der Waals surface area (Å²) in [4.78, 5) is 2.42. The highest BCUT2D eigenvalue weighted by molar-refractivity contribution is 4.75. The fraction of sp³-hybridized carbons (Fsp3) is 1.00. The Morgan fingerprint density at radius 2 is 2.44 bits per heavy atom. The van der Waals surface area contributed by atoms with Crippen LogP contribution in [-0.2, 0) is 4.74 Å². The molecule has 0 spiro atoms. The van der Waals surface area contributed by atoms with Gasteiger partial charge < -0.3 is 20.3 Å². The smallest absolute Gasteiger partial charge is 0.0712 e. The molecule has 2 fully saturated rings. The van der Waals surface area contributed by atoms with Gasteiger partial charge in [0.25, 0.3) is 0 Å². The number of morpholine rings is 1. The van der Waals surface area contributed by atoms with Crippen LogP contribution in [0, 0.1) is 5.92 Å². The van der Waals surface area contributed by atoms with Crippen LogP contribution in [0.3, 0.4) is 0 Å². The zero-order valence-corrected chi connectivity index (χ0v) is 10.4. The van der Waals surface area contributed by atoms with Crippen molar-refractivity contribution in [3.8, 4) is 0 Å². The van der Waals surface area contributed by atoms with E-state index in [0.29, 0.717) is 6.10 Å². The molecule has 0 bridgehead atoms. The van der Waals surface area contributed by atoms with Gasteiger partial charge in [0.05, 0.1) is 12.7 Å². The molecule has 0 radical (unpaired) electrons. The highest BCUT2D eigenvalue weighted by Crippen LogP contribution is 2.12. The molecule has 2 heterocycles. The lowest BCUT2D eigenvalue weighted by molar-refractivity contribution is 0.0238. The molecule has 2 saturated heterocycles. The zero-order valence-electron chi connectivity index (χ0n) is 10.4. The number of hydrogen-bond acceptors (Lipinski definition) is 4. The van der Waals surface area contributed by atoms with Crippen LogP contribution in [0.25, 0.3) is 0 Å². The molecule has 2 atom stereocenters. The van der Waals surface area contributed by atoms with Crippen LogP contribution < -0.4 is 10.6 Å². The molecule has 0 saturated carbocycles. The average Bonchev–Trinajstić information content (AvgIpc) is 2.72. The Hall–Kier alpha value is -0.160. The van der Waals surface area contributed by atoms with Crippen LogP contribution in [0.2, 0.25) is 0 Å². The van der Waals surface area contributed by atoms with E-state index in [1.165, 1.54) is 26.1 Å². The summed E-state index contributed by atoms with van der Waals surface area (Å²) < 4.78 is 5.66. The lowest BCUT2D eigenvalue weighted by Crippen LogP contribution is -2.40. The summed E-state index contributed by atoms with van der Waals surface area (Å²) in [7, 11) is 2.21. The van der Waals surface area contributed by atoms with Crippen molar-refractivity contribution in [2.45, 2.75) is 18.9 Å². The Balaban J connectivity index is 1.48. The number of rotatable bonds is 5. The van der Waals surface area contributed by atoms with E-state index in [9.17, 15) is 0 Å². The van der Waals surface area contributed by atoms with Crippen molar-refractivity contribution < 1.29 is 4.74 Å². The SMILES string of the molecule is CN1CCC(CNCCC2CNCCO2)C1. The summed E-state index contributed by atoms with van der Waals surface area (Å²) in [5, 5.41) is 6.92. The van der Waals surface area contributed by atoms with E-state index >= 15 is 0 Å². The molecule has 2 aliphatic rings. The van der Waals surface area contributed by atoms with Crippen LogP contribution >= 0.6 is 0 Å². The van der Waals surface area contributed by atoms with Gasteiger partial charge in [0.1, 0.15) is 0 Å². The molecule has 0 aromatic rings. The Morgan fingerprint density at radius 1 is 1.50 bits per heavy atom. The first kappa shape index (κ1) is 12.3. The Labute approximate surface area is 98.7 Å². The second-order valence-corrected chi connectivity index (χ2v) is 5.11. The molecule has 0 amide bonds. The third-order valence-corrected chi connectivity index (χ3v) is 3.57. The number of ether oxygens (including phenoxy) is 1. The van der Waals surface area contributed by atoms with Crippen LogP contribution in [0.4, 0.5) is 0 Å². The van der Waals surface area contributed by atoms with E-state index in [1.54, 1.807) is 0 Å². The first-order valence-corrected chi connectivity index (χ1v) is 6.56. The fourth-order valence-corrected chi connectivity index (χ4v) is 2.57. The summed E-state index contributed by atoms with van der Waals surface area (Å²) >= 11 is 0. The Bertz CT molecular complexity index is 188. The van der Waals surface area contributed by atoms with Crippen molar-refractivity contribution in [3.05, 3.63) is 0 Å². The highest BCUT2D eigenvalue weighted by Gasteiger charge is 2.19. The predicted molar refractivity (Wildman–Crippen MR) is 65.7 cm³/mol. The second kappa shape index (κ2) is 6.55. The van der Waals surface area contributed by atoms with Crippen molar-refractivity contribution in [2.24, 2.45) is 5.92 Å². The summed E-state index contributed by atoms with van der Waals surface area (Å²) in [6.45, 7) is 7.69. The van der Waals surface area contributed by atoms with E-state index in [0.717, 1.165) is 38.6 Å². The zero-order chi connectivity index (χ0) is 11.2. The Kier molecular flexibility index (Phi) is 5.03. The van der Waals surface area contributed by atoms with Gasteiger partial charge in [-0.3, -0.25) is 0 Å². The van der Waals surface area contributed by atoms with Gasteiger partial charge in [0.2, 0.25) is 0 Å². The molecule has 4 nitrogen and oxygen atoms in total. The number of likely N-dealkylation sites (tertiary alicyclic amines) is 1. The topological polar surface area (TPSA) is 36.5 Å². The van der Waals surface area contributed by atoms with Gasteiger partial charge in [0, 0.05) is 19.6 Å². The van der Waals surface area contributed by atoms with Crippen LogP contribution in [0.15, 0.2) is 0 Å². The van der Waals surface area contributed by atoms with Gasteiger partial charge >= 0.3 is 0 Å². The third-order valence-electron chi connectivity index (χ3n) is 3.57. The molecule has 16 heavy (non-hydrogen) atoms. The number of nitrogens with zero attached hydrogens (tertiary/aromatic N) is 1. The fourth-order valence-electron chi connectivity index (χ4n) is 2.57. The molecule has 0 aromatic heterocycles. The summed E-state index contributed by atoms with van der Waals surface area (Å²) in [5.74, 6) is 0.857. The molecule has 94 valence electrons. The number of nitrogens with one attached hydrogen (secondary N) is 2. The third kappa shape index (κ3) is 4.01. The van der Waals surface area contributed by atoms with E-state index in [2.05, 4.69) is 22.6 Å². The van der Waals surface area contributed by atoms with Crippen LogP contribution in [0.1, 0.15) is 12.8 Å². The lowest BCUT2D eigenvalue weighted by Gasteiger charge is -2.23. The predicted octanol–water partition coefficient (Wildman–Crippen LogP) is -0.0938. The van der Waals surface area contributed by atoms with Crippen molar-refractivity contribution >= 4 is 0 Å². The highest BCUT2D eigenvalue weighted by atomic mass is 16.5. The van der Waals surface area contributed by atoms with Crippen molar-refractivity contribution in [1.82, 2.24) is 15.5 Å². The quantitative estimate of drug-likeness (QED) is 0.644. The van der Waals surface area contributed by atoms with Crippen LogP contribution in [0.5, 0.6) is 0 Å². The molecular weight excluding hydrogens is 202 g/mol. The maximum atomic E-state index is 5.66. The van der Waals surface area contributed by atoms with Gasteiger partial charge in [-0.2, -0.15) is 0 Å². The molecular formula is C12H25N3O. The average molecular weight is 227 g/mol. The summed E-state index contributed by atoms with van der Waals surface area (Å²) in [5.41, 5.74) is 0. The molecule has 2 N–H and O–H groups in total. The van der Waals surface area contributed by atoms with Gasteiger partial charge in [-0.1, -0.05) is 0 Å². The van der Waals surface area contributed by atoms with Crippen molar-refractivity contribution in [2.75, 3.05) is 52.9 Å². The summed E-state index contributed by atoms with van der Waals surface area (Å²) in [6, 6.07) is 0. The van der Waals surface area contributed by atoms with Gasteiger partial charge in [-0.05, 0) is 45.4 Å². The van der Waals surface area contributed by atoms with Crippen molar-refractivity contribution in [1.29, 1.82) is 0 Å². The first-order chi connectivity index (χ1) is 7.84. The first-order valence-electron chi connectivity index (χ1n) is 6.56. The second-order valence-electron chi connectivity index (χ2n) is 5.11. The monoisotopic (exact) mass is 227 g/mol. The minimum atomic E-state index is 0.424. The normalized spacial score (nSPS) is 32.1. The summed E-state index contributed by atoms with van der Waals surface area (Å²) in [6.07, 6.45) is 2.91. The van der Waals surface area contributed by atoms with Crippen LogP contribution in [-0.4, -0.2) is 63.9 Å². The van der Waals surface area contributed by atoms with Gasteiger partial charge in [0.15, 0.2) is 0 Å². The largest absolute Gasteiger partial charge is 0.376 e. The van der Waals surface area contributed by atoms with E-state index < -0.39 is 0 Å². The molecule has 4 heteroatoms. The van der Waals surface area contributed by atoms with E-state index in [4.69, 9.17) is 4.74 Å². The minimum Gasteiger partial charge on any atom is -0.376 e. The maximum absolute atomic E-state index is 5.66.